The van der Waals surface area contributed by atoms with E-state index in [0.717, 1.165) is 6.08 Å². The zero-order valence-electron chi connectivity index (χ0n) is 6.57. The van der Waals surface area contributed by atoms with E-state index in [2.05, 4.69) is 0 Å². The van der Waals surface area contributed by atoms with Gasteiger partial charge in [0, 0.05) is 6.08 Å². The molecule has 13 heavy (non-hydrogen) atoms. The van der Waals surface area contributed by atoms with Crippen LogP contribution in [0.5, 0.6) is 5.75 Å². The predicted octanol–water partition coefficient (Wildman–Crippen LogP) is 2.14. The SMILES string of the molecule is O=C(O)C=Cc1ccc(Cl)c(O)c1. The summed E-state index contributed by atoms with van der Waals surface area (Å²) in [6, 6.07) is 4.50. The van der Waals surface area contributed by atoms with Crippen molar-refractivity contribution in [1.82, 2.24) is 0 Å². The molecule has 0 saturated carbocycles. The summed E-state index contributed by atoms with van der Waals surface area (Å²) in [6.07, 6.45) is 2.36. The number of benzene rings is 1. The number of aromatic hydroxyl groups is 1. The highest BCUT2D eigenvalue weighted by Crippen LogP contribution is 2.24. The fourth-order valence-electron chi connectivity index (χ4n) is 0.801. The number of carboxylic acids is 1. The molecule has 0 saturated heterocycles. The van der Waals surface area contributed by atoms with Gasteiger partial charge in [0.05, 0.1) is 5.02 Å². The monoisotopic (exact) mass is 198 g/mol. The lowest BCUT2D eigenvalue weighted by atomic mass is 10.2. The smallest absolute Gasteiger partial charge is 0.328 e. The standard InChI is InChI=1S/C9H7ClO3/c10-7-3-1-6(5-8(7)11)2-4-9(12)13/h1-5,11H,(H,12,13). The predicted molar refractivity (Wildman–Crippen MR) is 49.8 cm³/mol. The lowest BCUT2D eigenvalue weighted by Gasteiger charge is -1.96. The Bertz CT molecular complexity index is 358. The van der Waals surface area contributed by atoms with Gasteiger partial charge in [0.25, 0.3) is 0 Å². The Morgan fingerprint density at radius 2 is 2.15 bits per heavy atom. The quantitative estimate of drug-likeness (QED) is 0.716. The Morgan fingerprint density at radius 1 is 1.46 bits per heavy atom. The van der Waals surface area contributed by atoms with E-state index in [1.165, 1.54) is 18.2 Å². The summed E-state index contributed by atoms with van der Waals surface area (Å²) in [7, 11) is 0. The zero-order valence-corrected chi connectivity index (χ0v) is 7.32. The van der Waals surface area contributed by atoms with Crippen LogP contribution in [0.15, 0.2) is 24.3 Å². The van der Waals surface area contributed by atoms with Gasteiger partial charge in [0.15, 0.2) is 0 Å². The first kappa shape index (κ1) is 9.61. The molecule has 68 valence electrons. The fraction of sp³-hybridized carbons (Fsp3) is 0. The summed E-state index contributed by atoms with van der Waals surface area (Å²) < 4.78 is 0. The molecular formula is C9H7ClO3. The van der Waals surface area contributed by atoms with Crippen molar-refractivity contribution in [3.63, 3.8) is 0 Å². The highest BCUT2D eigenvalue weighted by molar-refractivity contribution is 6.32. The minimum Gasteiger partial charge on any atom is -0.506 e. The van der Waals surface area contributed by atoms with Crippen LogP contribution < -0.4 is 0 Å². The summed E-state index contributed by atoms with van der Waals surface area (Å²) in [4.78, 5) is 10.1. The van der Waals surface area contributed by atoms with Crippen molar-refractivity contribution in [1.29, 1.82) is 0 Å². The minimum atomic E-state index is -1.03. The molecule has 0 aliphatic carbocycles. The maximum Gasteiger partial charge on any atom is 0.328 e. The van der Waals surface area contributed by atoms with Crippen LogP contribution in [0, 0.1) is 0 Å². The van der Waals surface area contributed by atoms with Gasteiger partial charge in [-0.05, 0) is 23.8 Å². The molecule has 0 aromatic heterocycles. The van der Waals surface area contributed by atoms with Crippen LogP contribution in [0.2, 0.25) is 5.02 Å². The number of rotatable bonds is 2. The third-order valence-electron chi connectivity index (χ3n) is 1.39. The Morgan fingerprint density at radius 3 is 2.69 bits per heavy atom. The van der Waals surface area contributed by atoms with Crippen molar-refractivity contribution in [3.8, 4) is 5.75 Å². The molecule has 1 rings (SSSR count). The molecule has 0 fully saturated rings. The van der Waals surface area contributed by atoms with Crippen LogP contribution in [-0.2, 0) is 4.79 Å². The number of aliphatic carboxylic acids is 1. The third-order valence-corrected chi connectivity index (χ3v) is 1.71. The Hall–Kier alpha value is -1.48. The Kier molecular flexibility index (Phi) is 2.93. The van der Waals surface area contributed by atoms with Crippen LogP contribution in [0.4, 0.5) is 0 Å². The third kappa shape index (κ3) is 2.80. The molecule has 0 amide bonds. The van der Waals surface area contributed by atoms with Crippen molar-refractivity contribution in [2.24, 2.45) is 0 Å². The molecule has 0 aliphatic heterocycles. The van der Waals surface area contributed by atoms with Gasteiger partial charge in [-0.1, -0.05) is 17.7 Å². The second-order valence-corrected chi connectivity index (χ2v) is 2.79. The number of hydrogen-bond donors (Lipinski definition) is 2. The number of halogens is 1. The van der Waals surface area contributed by atoms with Gasteiger partial charge in [-0.15, -0.1) is 0 Å². The maximum atomic E-state index is 10.1. The van der Waals surface area contributed by atoms with E-state index < -0.39 is 5.97 Å². The molecule has 0 unspecified atom stereocenters. The van der Waals surface area contributed by atoms with E-state index in [-0.39, 0.29) is 10.8 Å². The van der Waals surface area contributed by atoms with Crippen LogP contribution in [0.25, 0.3) is 6.08 Å². The molecular weight excluding hydrogens is 192 g/mol. The van der Waals surface area contributed by atoms with Gasteiger partial charge < -0.3 is 10.2 Å². The molecule has 1 aromatic carbocycles. The van der Waals surface area contributed by atoms with E-state index in [1.54, 1.807) is 6.07 Å². The normalized spacial score (nSPS) is 10.5. The van der Waals surface area contributed by atoms with Crippen molar-refractivity contribution in [2.75, 3.05) is 0 Å². The summed E-state index contributed by atoms with van der Waals surface area (Å²) in [6.45, 7) is 0. The fourth-order valence-corrected chi connectivity index (χ4v) is 0.918. The van der Waals surface area contributed by atoms with E-state index >= 15 is 0 Å². The number of carbonyl (C=O) groups is 1. The highest BCUT2D eigenvalue weighted by Gasteiger charge is 1.97. The van der Waals surface area contributed by atoms with Gasteiger partial charge in [-0.3, -0.25) is 0 Å². The highest BCUT2D eigenvalue weighted by atomic mass is 35.5. The first-order valence-electron chi connectivity index (χ1n) is 3.49. The molecule has 0 atom stereocenters. The van der Waals surface area contributed by atoms with Crippen molar-refractivity contribution < 1.29 is 15.0 Å². The van der Waals surface area contributed by atoms with E-state index in [4.69, 9.17) is 21.8 Å². The second kappa shape index (κ2) is 3.96. The number of carboxylic acid groups (broad SMARTS) is 1. The number of phenolic OH excluding ortho intramolecular Hbond substituents is 1. The number of hydrogen-bond acceptors (Lipinski definition) is 2. The second-order valence-electron chi connectivity index (χ2n) is 2.38. The van der Waals surface area contributed by atoms with E-state index in [9.17, 15) is 4.79 Å². The Balaban J connectivity index is 2.92. The molecule has 2 N–H and O–H groups in total. The van der Waals surface area contributed by atoms with Crippen LogP contribution >= 0.6 is 11.6 Å². The van der Waals surface area contributed by atoms with Gasteiger partial charge in [-0.2, -0.15) is 0 Å². The lowest BCUT2D eigenvalue weighted by molar-refractivity contribution is -0.131. The molecule has 0 spiro atoms. The maximum absolute atomic E-state index is 10.1. The van der Waals surface area contributed by atoms with E-state index in [0.29, 0.717) is 5.56 Å². The first-order chi connectivity index (χ1) is 6.09. The summed E-state index contributed by atoms with van der Waals surface area (Å²) in [5.41, 5.74) is 0.587. The topological polar surface area (TPSA) is 57.5 Å². The largest absolute Gasteiger partial charge is 0.506 e. The van der Waals surface area contributed by atoms with Crippen LogP contribution in [-0.4, -0.2) is 16.2 Å². The molecule has 0 heterocycles. The molecule has 0 bridgehead atoms. The van der Waals surface area contributed by atoms with Gasteiger partial charge >= 0.3 is 5.97 Å². The first-order valence-corrected chi connectivity index (χ1v) is 3.87. The molecule has 3 nitrogen and oxygen atoms in total. The van der Waals surface area contributed by atoms with Crippen LogP contribution in [0.1, 0.15) is 5.56 Å². The van der Waals surface area contributed by atoms with Crippen molar-refractivity contribution >= 4 is 23.6 Å². The van der Waals surface area contributed by atoms with Crippen LogP contribution in [0.3, 0.4) is 0 Å². The minimum absolute atomic E-state index is 0.0609. The average molecular weight is 199 g/mol. The summed E-state index contributed by atoms with van der Waals surface area (Å²) >= 11 is 5.55. The number of phenols is 1. The van der Waals surface area contributed by atoms with Gasteiger partial charge in [0.1, 0.15) is 5.75 Å². The Labute approximate surface area is 79.9 Å². The molecule has 0 aliphatic rings. The molecule has 0 radical (unpaired) electrons. The van der Waals surface area contributed by atoms with E-state index in [1.807, 2.05) is 0 Å². The van der Waals surface area contributed by atoms with Gasteiger partial charge in [-0.25, -0.2) is 4.79 Å². The summed E-state index contributed by atoms with van der Waals surface area (Å²) in [5.74, 6) is -1.09. The van der Waals surface area contributed by atoms with Crippen molar-refractivity contribution in [3.05, 3.63) is 34.9 Å². The van der Waals surface area contributed by atoms with Gasteiger partial charge in [0.2, 0.25) is 0 Å². The lowest BCUT2D eigenvalue weighted by Crippen LogP contribution is -1.85. The molecule has 4 heteroatoms. The summed E-state index contributed by atoms with van der Waals surface area (Å²) in [5, 5.41) is 17.7. The van der Waals surface area contributed by atoms with Crippen molar-refractivity contribution in [2.45, 2.75) is 0 Å². The average Bonchev–Trinajstić information content (AvgIpc) is 2.07. The molecule has 1 aromatic rings. The zero-order chi connectivity index (χ0) is 9.84.